The van der Waals surface area contributed by atoms with Gasteiger partial charge < -0.3 is 0 Å². The van der Waals surface area contributed by atoms with E-state index in [0.717, 1.165) is 15.4 Å². The molecule has 0 aliphatic carbocycles. The van der Waals surface area contributed by atoms with Crippen molar-refractivity contribution in [2.24, 2.45) is 0 Å². The first-order valence-electron chi connectivity index (χ1n) is 3.42. The molecule has 1 fully saturated rings. The average molecular weight is 234 g/mol. The van der Waals surface area contributed by atoms with Crippen LogP contribution in [0.15, 0.2) is 0 Å². The summed E-state index contributed by atoms with van der Waals surface area (Å²) in [7, 11) is 2.11. The molecule has 52 valence electrons. The van der Waals surface area contributed by atoms with Gasteiger partial charge in [-0.25, -0.2) is 0 Å². The van der Waals surface area contributed by atoms with Crippen molar-refractivity contribution >= 4 is 19.7 Å². The van der Waals surface area contributed by atoms with Gasteiger partial charge in [0.05, 0.1) is 0 Å². The first-order valence-corrected chi connectivity index (χ1v) is 8.62. The molecule has 0 aromatic carbocycles. The molecule has 1 aliphatic rings. The first-order chi connectivity index (χ1) is 4.20. The second kappa shape index (κ2) is 3.10. The normalized spacial score (nSPS) is 30.9. The Morgan fingerprint density at radius 1 is 1.67 bits per heavy atom. The van der Waals surface area contributed by atoms with Crippen LogP contribution in [0.5, 0.6) is 0 Å². The Kier molecular flexibility index (Phi) is 2.64. The summed E-state index contributed by atoms with van der Waals surface area (Å²) in [4.78, 5) is 2.29. The van der Waals surface area contributed by atoms with Crippen LogP contribution in [0.25, 0.3) is 0 Å². The molecule has 1 aliphatic heterocycles. The molecule has 9 heavy (non-hydrogen) atoms. The van der Waals surface area contributed by atoms with Crippen LogP contribution in [-0.4, -0.2) is 44.3 Å². The van der Waals surface area contributed by atoms with Crippen LogP contribution >= 0.6 is 0 Å². The molecule has 1 saturated heterocycles. The molecular weight excluding hydrogens is 221 g/mol. The number of nitrogens with zero attached hydrogens (tertiary/aromatic N) is 1. The molecule has 0 aromatic heterocycles. The van der Waals surface area contributed by atoms with E-state index >= 15 is 0 Å². The van der Waals surface area contributed by atoms with E-state index in [0.29, 0.717) is 6.04 Å². The number of hydrogen-bond acceptors (Lipinski definition) is 2. The summed E-state index contributed by atoms with van der Waals surface area (Å²) in [6.07, 6.45) is 0. The summed E-state index contributed by atoms with van der Waals surface area (Å²) in [5, 5.41) is 0. The van der Waals surface area contributed by atoms with E-state index in [1.807, 2.05) is 0 Å². The molecule has 0 N–H and O–H groups in total. The van der Waals surface area contributed by atoms with Gasteiger partial charge >= 0.3 is 63.2 Å². The zero-order chi connectivity index (χ0) is 6.85. The summed E-state index contributed by atoms with van der Waals surface area (Å²) in [6.45, 7) is 3.23. The molecule has 0 amide bonds. The van der Waals surface area contributed by atoms with Crippen molar-refractivity contribution < 1.29 is 3.08 Å². The van der Waals surface area contributed by atoms with Crippen molar-refractivity contribution in [3.8, 4) is 0 Å². The van der Waals surface area contributed by atoms with Gasteiger partial charge in [-0.15, -0.1) is 0 Å². The van der Waals surface area contributed by atoms with Gasteiger partial charge in [-0.1, -0.05) is 0 Å². The van der Waals surface area contributed by atoms with Crippen molar-refractivity contribution in [2.75, 3.05) is 13.6 Å². The molecule has 2 nitrogen and oxygen atoms in total. The van der Waals surface area contributed by atoms with Gasteiger partial charge in [-0.3, -0.25) is 0 Å². The summed E-state index contributed by atoms with van der Waals surface area (Å²) in [6, 6.07) is 0.589. The predicted molar refractivity (Wildman–Crippen MR) is 38.1 cm³/mol. The molecule has 0 spiro atoms. The average Bonchev–Trinajstić information content (AvgIpc) is 1.80. The van der Waals surface area contributed by atoms with Crippen molar-refractivity contribution in [3.63, 3.8) is 0 Å². The summed E-state index contributed by atoms with van der Waals surface area (Å²) in [5.41, 5.74) is 0. The van der Waals surface area contributed by atoms with Gasteiger partial charge in [0.2, 0.25) is 0 Å². The van der Waals surface area contributed by atoms with E-state index in [9.17, 15) is 3.08 Å². The van der Waals surface area contributed by atoms with E-state index < -0.39 is 19.7 Å². The van der Waals surface area contributed by atoms with Gasteiger partial charge in [-0.2, -0.15) is 0 Å². The van der Waals surface area contributed by atoms with Crippen LogP contribution in [0.3, 0.4) is 0 Å². The Morgan fingerprint density at radius 3 is 2.78 bits per heavy atom. The zero-order valence-corrected chi connectivity index (χ0v) is 8.91. The standard InChI is InChI=1S/C6H13N.O.Sn/c1-5-7(4)6(2)3;;/h6H,1-2,5H2,3-4H3;;. The molecule has 0 aromatic rings. The van der Waals surface area contributed by atoms with Crippen molar-refractivity contribution in [1.82, 2.24) is 4.90 Å². The van der Waals surface area contributed by atoms with Crippen LogP contribution in [0.4, 0.5) is 0 Å². The summed E-state index contributed by atoms with van der Waals surface area (Å²) >= 11 is -1.98. The van der Waals surface area contributed by atoms with E-state index in [4.69, 9.17) is 0 Å². The molecule has 0 bridgehead atoms. The predicted octanol–water partition coefficient (Wildman–Crippen LogP) is 0.742. The molecule has 1 heterocycles. The summed E-state index contributed by atoms with van der Waals surface area (Å²) in [5.74, 6) is 0. The van der Waals surface area contributed by atoms with Gasteiger partial charge in [-0.05, 0) is 0 Å². The minimum atomic E-state index is -1.98. The second-order valence-corrected chi connectivity index (χ2v) is 8.49. The van der Waals surface area contributed by atoms with E-state index in [1.54, 1.807) is 0 Å². The Labute approximate surface area is 63.3 Å². The SMILES string of the molecule is CC1[CH2][Sn](=[O])[CH2]CN1C. The van der Waals surface area contributed by atoms with Crippen molar-refractivity contribution in [3.05, 3.63) is 0 Å². The molecule has 1 atom stereocenters. The molecule has 0 radical (unpaired) electrons. The van der Waals surface area contributed by atoms with Crippen LogP contribution in [-0.2, 0) is 3.08 Å². The first kappa shape index (κ1) is 7.66. The summed E-state index contributed by atoms with van der Waals surface area (Å²) < 4.78 is 13.1. The van der Waals surface area contributed by atoms with Crippen molar-refractivity contribution in [1.29, 1.82) is 0 Å². The number of rotatable bonds is 0. The Balaban J connectivity index is 2.44. The zero-order valence-electron chi connectivity index (χ0n) is 6.05. The Bertz CT molecular complexity index is 126. The quantitative estimate of drug-likeness (QED) is 0.576. The minimum absolute atomic E-state index is 0.589. The third-order valence-corrected chi connectivity index (χ3v) is 7.23. The second-order valence-electron chi connectivity index (χ2n) is 2.82. The third kappa shape index (κ3) is 2.00. The Morgan fingerprint density at radius 2 is 2.33 bits per heavy atom. The monoisotopic (exact) mass is 235 g/mol. The fraction of sp³-hybridized carbons (Fsp3) is 1.00. The van der Waals surface area contributed by atoms with Gasteiger partial charge in [0.1, 0.15) is 0 Å². The van der Waals surface area contributed by atoms with Crippen LogP contribution < -0.4 is 0 Å². The molecule has 1 rings (SSSR count). The molecule has 0 saturated carbocycles. The Hall–Kier alpha value is 0.559. The maximum absolute atomic E-state index is 11.1. The third-order valence-electron chi connectivity index (χ3n) is 2.02. The van der Waals surface area contributed by atoms with E-state index in [-0.39, 0.29) is 0 Å². The van der Waals surface area contributed by atoms with E-state index in [2.05, 4.69) is 18.9 Å². The topological polar surface area (TPSA) is 20.3 Å². The number of hydrogen-bond donors (Lipinski definition) is 0. The fourth-order valence-electron chi connectivity index (χ4n) is 1.11. The van der Waals surface area contributed by atoms with E-state index in [1.165, 1.54) is 0 Å². The molecular formula is C6H13NOSn. The molecule has 1 unspecified atom stereocenters. The van der Waals surface area contributed by atoms with Crippen molar-refractivity contribution in [2.45, 2.75) is 21.8 Å². The van der Waals surface area contributed by atoms with Crippen LogP contribution in [0.2, 0.25) is 8.87 Å². The fourth-order valence-corrected chi connectivity index (χ4v) is 6.18. The van der Waals surface area contributed by atoms with Gasteiger partial charge in [0.25, 0.3) is 0 Å². The van der Waals surface area contributed by atoms with Crippen LogP contribution in [0.1, 0.15) is 6.92 Å². The maximum atomic E-state index is 11.1. The van der Waals surface area contributed by atoms with Crippen LogP contribution in [0, 0.1) is 0 Å². The molecule has 3 heteroatoms. The van der Waals surface area contributed by atoms with Gasteiger partial charge in [0, 0.05) is 0 Å². The van der Waals surface area contributed by atoms with Gasteiger partial charge in [0.15, 0.2) is 0 Å².